The smallest absolute Gasteiger partial charge is 0.164 e. The second kappa shape index (κ2) is 11.2. The Kier molecular flexibility index (Phi) is 6.43. The lowest BCUT2D eigenvalue weighted by molar-refractivity contribution is 0.670. The minimum Gasteiger partial charge on any atom is -0.455 e. The summed E-state index contributed by atoms with van der Waals surface area (Å²) in [6.07, 6.45) is 0. The molecular formula is C43H27N3O. The molecule has 0 spiro atoms. The third kappa shape index (κ3) is 4.66. The number of fused-ring (bicyclic) bond motifs is 4. The number of aromatic nitrogens is 3. The number of furan rings is 1. The van der Waals surface area contributed by atoms with E-state index in [-0.39, 0.29) is 0 Å². The monoisotopic (exact) mass is 601 g/mol. The molecule has 0 aliphatic carbocycles. The van der Waals surface area contributed by atoms with Gasteiger partial charge in [0, 0.05) is 33.0 Å². The summed E-state index contributed by atoms with van der Waals surface area (Å²) in [5.41, 5.74) is 8.93. The van der Waals surface area contributed by atoms with Gasteiger partial charge in [0.2, 0.25) is 0 Å². The molecule has 2 heterocycles. The van der Waals surface area contributed by atoms with Crippen LogP contribution in [0.3, 0.4) is 0 Å². The maximum Gasteiger partial charge on any atom is 0.164 e. The molecule has 0 aliphatic rings. The van der Waals surface area contributed by atoms with Crippen molar-refractivity contribution in [3.05, 3.63) is 164 Å². The highest BCUT2D eigenvalue weighted by Crippen LogP contribution is 2.44. The Labute approximate surface area is 271 Å². The molecule has 9 rings (SSSR count). The zero-order valence-corrected chi connectivity index (χ0v) is 25.3. The van der Waals surface area contributed by atoms with Gasteiger partial charge in [0.05, 0.1) is 0 Å². The average molecular weight is 602 g/mol. The lowest BCUT2D eigenvalue weighted by Crippen LogP contribution is -2.00. The van der Waals surface area contributed by atoms with Crippen LogP contribution < -0.4 is 0 Å². The number of hydrogen-bond acceptors (Lipinski definition) is 4. The summed E-state index contributed by atoms with van der Waals surface area (Å²) >= 11 is 0. The zero-order chi connectivity index (χ0) is 31.2. The third-order valence-corrected chi connectivity index (χ3v) is 8.77. The second-order valence-corrected chi connectivity index (χ2v) is 11.6. The van der Waals surface area contributed by atoms with Crippen LogP contribution in [-0.4, -0.2) is 15.0 Å². The molecule has 220 valence electrons. The lowest BCUT2D eigenvalue weighted by atomic mass is 9.90. The number of rotatable bonds is 5. The van der Waals surface area contributed by atoms with Crippen molar-refractivity contribution in [1.82, 2.24) is 15.0 Å². The fraction of sp³-hybridized carbons (Fsp3) is 0. The predicted molar refractivity (Wildman–Crippen MR) is 192 cm³/mol. The molecule has 0 saturated heterocycles. The fourth-order valence-corrected chi connectivity index (χ4v) is 6.56. The van der Waals surface area contributed by atoms with Crippen molar-refractivity contribution in [3.8, 4) is 56.4 Å². The van der Waals surface area contributed by atoms with E-state index in [2.05, 4.69) is 91.0 Å². The van der Waals surface area contributed by atoms with Crippen molar-refractivity contribution in [2.75, 3.05) is 0 Å². The van der Waals surface area contributed by atoms with Crippen LogP contribution in [-0.2, 0) is 0 Å². The molecule has 7 aromatic carbocycles. The second-order valence-electron chi connectivity index (χ2n) is 11.6. The largest absolute Gasteiger partial charge is 0.455 e. The van der Waals surface area contributed by atoms with Gasteiger partial charge in [-0.25, -0.2) is 15.0 Å². The van der Waals surface area contributed by atoms with E-state index in [1.807, 2.05) is 72.8 Å². The minimum absolute atomic E-state index is 0.602. The molecule has 0 aliphatic heterocycles. The molecule has 4 nitrogen and oxygen atoms in total. The van der Waals surface area contributed by atoms with Crippen LogP contribution in [0.1, 0.15) is 0 Å². The molecule has 0 unspecified atom stereocenters. The molecule has 0 radical (unpaired) electrons. The van der Waals surface area contributed by atoms with Crippen molar-refractivity contribution in [3.63, 3.8) is 0 Å². The molecule has 0 atom stereocenters. The van der Waals surface area contributed by atoms with Crippen LogP contribution in [0.4, 0.5) is 0 Å². The quantitative estimate of drug-likeness (QED) is 0.197. The van der Waals surface area contributed by atoms with Crippen LogP contribution in [0.25, 0.3) is 89.1 Å². The Hall–Kier alpha value is -6.39. The standard InChI is InChI=1S/C43H27N3O/c1-4-14-28(15-5-1)31-24-25-34(33-21-11-10-20-32(31)33)35-26-27-37(39-36-22-12-13-23-38(36)47-40(35)39)43-45-41(29-16-6-2-7-17-29)44-42(46-43)30-18-8-3-9-19-30/h1-27H. The van der Waals surface area contributed by atoms with E-state index in [0.29, 0.717) is 17.5 Å². The first-order valence-electron chi connectivity index (χ1n) is 15.7. The summed E-state index contributed by atoms with van der Waals surface area (Å²) in [7, 11) is 0. The van der Waals surface area contributed by atoms with Gasteiger partial charge in [-0.1, -0.05) is 146 Å². The Morgan fingerprint density at radius 3 is 1.40 bits per heavy atom. The van der Waals surface area contributed by atoms with Crippen LogP contribution in [0.15, 0.2) is 168 Å². The number of para-hydroxylation sites is 1. The summed E-state index contributed by atoms with van der Waals surface area (Å²) in [5, 5.41) is 4.37. The van der Waals surface area contributed by atoms with E-state index in [1.165, 1.54) is 21.9 Å². The summed E-state index contributed by atoms with van der Waals surface area (Å²) in [5.74, 6) is 1.86. The van der Waals surface area contributed by atoms with E-state index in [4.69, 9.17) is 19.4 Å². The van der Waals surface area contributed by atoms with Crippen molar-refractivity contribution < 1.29 is 4.42 Å². The Morgan fingerprint density at radius 2 is 0.766 bits per heavy atom. The highest BCUT2D eigenvalue weighted by molar-refractivity contribution is 6.18. The van der Waals surface area contributed by atoms with Crippen molar-refractivity contribution in [1.29, 1.82) is 0 Å². The van der Waals surface area contributed by atoms with E-state index >= 15 is 0 Å². The molecule has 0 amide bonds. The highest BCUT2D eigenvalue weighted by atomic mass is 16.3. The van der Waals surface area contributed by atoms with Crippen LogP contribution in [0, 0.1) is 0 Å². The molecule has 0 saturated carbocycles. The lowest BCUT2D eigenvalue weighted by Gasteiger charge is -2.14. The molecule has 0 bridgehead atoms. The molecule has 2 aromatic heterocycles. The summed E-state index contributed by atoms with van der Waals surface area (Å²) in [6.45, 7) is 0. The van der Waals surface area contributed by atoms with Gasteiger partial charge >= 0.3 is 0 Å². The maximum atomic E-state index is 6.72. The SMILES string of the molecule is c1ccc(-c2nc(-c3ccccc3)nc(-c3ccc(-c4ccc(-c5ccccc5)c5ccccc45)c4oc5ccccc5c34)n2)cc1. The normalized spacial score (nSPS) is 11.4. The fourth-order valence-electron chi connectivity index (χ4n) is 6.56. The number of benzene rings is 7. The number of nitrogens with zero attached hydrogens (tertiary/aromatic N) is 3. The van der Waals surface area contributed by atoms with Crippen molar-refractivity contribution in [2.24, 2.45) is 0 Å². The highest BCUT2D eigenvalue weighted by Gasteiger charge is 2.21. The predicted octanol–water partition coefficient (Wildman–Crippen LogP) is 11.3. The van der Waals surface area contributed by atoms with Gasteiger partial charge in [-0.2, -0.15) is 0 Å². The summed E-state index contributed by atoms with van der Waals surface area (Å²) < 4.78 is 6.72. The Balaban J connectivity index is 1.31. The number of hydrogen-bond donors (Lipinski definition) is 0. The van der Waals surface area contributed by atoms with Gasteiger partial charge in [0.25, 0.3) is 0 Å². The molecule has 4 heteroatoms. The minimum atomic E-state index is 0.602. The first-order valence-corrected chi connectivity index (χ1v) is 15.7. The van der Waals surface area contributed by atoms with Crippen LogP contribution >= 0.6 is 0 Å². The molecule has 9 aromatic rings. The first-order chi connectivity index (χ1) is 23.3. The molecular weight excluding hydrogens is 574 g/mol. The molecule has 47 heavy (non-hydrogen) atoms. The van der Waals surface area contributed by atoms with Gasteiger partial charge in [-0.3, -0.25) is 0 Å². The first kappa shape index (κ1) is 27.0. The van der Waals surface area contributed by atoms with E-state index in [1.54, 1.807) is 0 Å². The van der Waals surface area contributed by atoms with Crippen LogP contribution in [0.5, 0.6) is 0 Å². The van der Waals surface area contributed by atoms with Gasteiger partial charge in [0.15, 0.2) is 17.5 Å². The van der Waals surface area contributed by atoms with Gasteiger partial charge in [0.1, 0.15) is 11.2 Å². The molecule has 0 fully saturated rings. The van der Waals surface area contributed by atoms with E-state index in [9.17, 15) is 0 Å². The topological polar surface area (TPSA) is 51.8 Å². The van der Waals surface area contributed by atoms with Gasteiger partial charge < -0.3 is 4.42 Å². The van der Waals surface area contributed by atoms with E-state index < -0.39 is 0 Å². The third-order valence-electron chi connectivity index (χ3n) is 8.77. The Morgan fingerprint density at radius 1 is 0.319 bits per heavy atom. The summed E-state index contributed by atoms with van der Waals surface area (Å²) in [4.78, 5) is 15.1. The van der Waals surface area contributed by atoms with E-state index in [0.717, 1.165) is 49.8 Å². The Bertz CT molecular complexity index is 2500. The van der Waals surface area contributed by atoms with Gasteiger partial charge in [-0.05, 0) is 45.7 Å². The maximum absolute atomic E-state index is 6.72. The van der Waals surface area contributed by atoms with Crippen molar-refractivity contribution >= 4 is 32.7 Å². The molecule has 0 N–H and O–H groups in total. The zero-order valence-electron chi connectivity index (χ0n) is 25.3. The van der Waals surface area contributed by atoms with Crippen LogP contribution in [0.2, 0.25) is 0 Å². The average Bonchev–Trinajstić information content (AvgIpc) is 3.55. The van der Waals surface area contributed by atoms with Gasteiger partial charge in [-0.15, -0.1) is 0 Å². The van der Waals surface area contributed by atoms with Crippen molar-refractivity contribution in [2.45, 2.75) is 0 Å². The summed E-state index contributed by atoms with van der Waals surface area (Å²) in [6, 6.07) is 56.2.